The SMILES string of the molecule is CC(C)OC(=O)C1(c2ncc3ccc(Cl)nn23)CC(F)C1.O=C(O)C1(c2ncc3ccc(Cl)nn23)CC(F)C1. The minimum atomic E-state index is -1.29. The van der Waals surface area contributed by atoms with E-state index in [0.29, 0.717) is 16.9 Å². The van der Waals surface area contributed by atoms with E-state index in [1.165, 1.54) is 15.2 Å². The third kappa shape index (κ3) is 4.69. The lowest BCUT2D eigenvalue weighted by Gasteiger charge is -2.40. The number of rotatable bonds is 5. The smallest absolute Gasteiger partial charge is 0.320 e. The van der Waals surface area contributed by atoms with Crippen LogP contribution in [0.15, 0.2) is 36.7 Å². The van der Waals surface area contributed by atoms with E-state index < -0.39 is 35.1 Å². The Morgan fingerprint density at radius 2 is 1.33 bits per heavy atom. The number of carboxylic acids is 1. The van der Waals surface area contributed by atoms with Crippen LogP contribution in [0.5, 0.6) is 0 Å². The van der Waals surface area contributed by atoms with Crippen molar-refractivity contribution in [3.8, 4) is 0 Å². The number of esters is 1. The van der Waals surface area contributed by atoms with Crippen LogP contribution in [0.4, 0.5) is 8.78 Å². The Hall–Kier alpha value is -3.38. The van der Waals surface area contributed by atoms with Gasteiger partial charge in [0.15, 0.2) is 0 Å². The zero-order chi connectivity index (χ0) is 28.1. The number of fused-ring (bicyclic) bond motifs is 2. The van der Waals surface area contributed by atoms with Gasteiger partial charge in [0.05, 0.1) is 29.5 Å². The zero-order valence-electron chi connectivity index (χ0n) is 20.9. The van der Waals surface area contributed by atoms with Crippen LogP contribution in [-0.4, -0.2) is 64.7 Å². The van der Waals surface area contributed by atoms with Crippen LogP contribution in [0, 0.1) is 0 Å². The molecular weight excluding hydrogens is 557 g/mol. The van der Waals surface area contributed by atoms with Crippen LogP contribution < -0.4 is 0 Å². The van der Waals surface area contributed by atoms with Crippen molar-refractivity contribution in [2.24, 2.45) is 0 Å². The molecule has 10 nitrogen and oxygen atoms in total. The zero-order valence-corrected chi connectivity index (χ0v) is 22.4. The van der Waals surface area contributed by atoms with Gasteiger partial charge in [-0.05, 0) is 38.1 Å². The van der Waals surface area contributed by atoms with Crippen LogP contribution >= 0.6 is 23.2 Å². The normalized spacial score (nSPS) is 26.0. The minimum Gasteiger partial charge on any atom is -0.480 e. The van der Waals surface area contributed by atoms with E-state index in [1.54, 1.807) is 44.3 Å². The van der Waals surface area contributed by atoms with E-state index in [9.17, 15) is 23.5 Å². The molecule has 0 unspecified atom stereocenters. The monoisotopic (exact) mass is 580 g/mol. The molecule has 4 aromatic rings. The predicted molar refractivity (Wildman–Crippen MR) is 136 cm³/mol. The van der Waals surface area contributed by atoms with Crippen molar-refractivity contribution in [2.75, 3.05) is 0 Å². The van der Waals surface area contributed by atoms with Crippen molar-refractivity contribution in [1.29, 1.82) is 0 Å². The number of hydrogen-bond donors (Lipinski definition) is 1. The molecule has 0 spiro atoms. The molecule has 4 heterocycles. The van der Waals surface area contributed by atoms with E-state index in [1.807, 2.05) is 0 Å². The van der Waals surface area contributed by atoms with Crippen LogP contribution in [0.2, 0.25) is 10.3 Å². The molecule has 2 aliphatic carbocycles. The minimum absolute atomic E-state index is 0.0614. The highest BCUT2D eigenvalue weighted by Crippen LogP contribution is 2.46. The lowest BCUT2D eigenvalue weighted by Crippen LogP contribution is -2.51. The molecule has 0 bridgehead atoms. The third-order valence-electron chi connectivity index (χ3n) is 6.98. The van der Waals surface area contributed by atoms with Crippen molar-refractivity contribution in [3.05, 3.63) is 58.6 Å². The number of carbonyl (C=O) groups excluding carboxylic acids is 1. The van der Waals surface area contributed by atoms with Crippen molar-refractivity contribution in [1.82, 2.24) is 29.2 Å². The summed E-state index contributed by atoms with van der Waals surface area (Å²) < 4.78 is 34.7. The van der Waals surface area contributed by atoms with Crippen molar-refractivity contribution < 1.29 is 28.2 Å². The second-order valence-electron chi connectivity index (χ2n) is 10.1. The van der Waals surface area contributed by atoms with Gasteiger partial charge in [-0.3, -0.25) is 9.59 Å². The maximum Gasteiger partial charge on any atom is 0.320 e. The van der Waals surface area contributed by atoms with Gasteiger partial charge in [-0.2, -0.15) is 10.2 Å². The second-order valence-corrected chi connectivity index (χ2v) is 10.9. The van der Waals surface area contributed by atoms with Gasteiger partial charge in [0.2, 0.25) is 0 Å². The van der Waals surface area contributed by atoms with Gasteiger partial charge < -0.3 is 9.84 Å². The largest absolute Gasteiger partial charge is 0.480 e. The summed E-state index contributed by atoms with van der Waals surface area (Å²) in [6.45, 7) is 3.52. The summed E-state index contributed by atoms with van der Waals surface area (Å²) in [4.78, 5) is 32.2. The first-order valence-electron chi connectivity index (χ1n) is 12.2. The van der Waals surface area contributed by atoms with Gasteiger partial charge in [0, 0.05) is 25.7 Å². The summed E-state index contributed by atoms with van der Waals surface area (Å²) >= 11 is 11.7. The van der Waals surface area contributed by atoms with E-state index in [-0.39, 0.29) is 47.9 Å². The summed E-state index contributed by atoms with van der Waals surface area (Å²) in [6, 6.07) is 6.67. The predicted octanol–water partition coefficient (Wildman–Crippen LogP) is 4.54. The molecule has 2 saturated carbocycles. The van der Waals surface area contributed by atoms with Crippen molar-refractivity contribution in [3.63, 3.8) is 0 Å². The van der Waals surface area contributed by atoms with Crippen LogP contribution in [0.3, 0.4) is 0 Å². The molecule has 39 heavy (non-hydrogen) atoms. The standard InChI is InChI=1S/C14H15ClFN3O2.C11H9ClFN3O2/c1-8(2)21-13(20)14(5-9(16)6-14)12-17-7-10-3-4-11(15)18-19(10)12;12-8-2-1-7-5-14-9(16(7)15-8)11(10(17)18)3-6(13)4-11/h3-4,7-9H,5-6H2,1-2H3;1-2,5-6H,3-4H2,(H,17,18). The Morgan fingerprint density at radius 3 is 1.74 bits per heavy atom. The quantitative estimate of drug-likeness (QED) is 0.341. The van der Waals surface area contributed by atoms with E-state index in [0.717, 1.165) is 0 Å². The lowest BCUT2D eigenvalue weighted by atomic mass is 9.66. The molecule has 0 saturated heterocycles. The van der Waals surface area contributed by atoms with Crippen molar-refractivity contribution >= 4 is 46.2 Å². The summed E-state index contributed by atoms with van der Waals surface area (Å²) in [5.41, 5.74) is -1.03. The van der Waals surface area contributed by atoms with Crippen LogP contribution in [0.1, 0.15) is 51.2 Å². The number of imidazole rings is 2. The Balaban J connectivity index is 0.000000160. The van der Waals surface area contributed by atoms with Gasteiger partial charge in [-0.25, -0.2) is 27.8 Å². The molecule has 4 aromatic heterocycles. The number of alkyl halides is 2. The molecule has 0 atom stereocenters. The number of hydrogen-bond acceptors (Lipinski definition) is 7. The van der Waals surface area contributed by atoms with Gasteiger partial charge >= 0.3 is 11.9 Å². The molecule has 2 fully saturated rings. The first-order valence-corrected chi connectivity index (χ1v) is 12.9. The molecular formula is C25H24Cl2F2N6O4. The summed E-state index contributed by atoms with van der Waals surface area (Å²) in [6.07, 6.45) is 0.673. The molecule has 1 N–H and O–H groups in total. The summed E-state index contributed by atoms with van der Waals surface area (Å²) in [5, 5.41) is 18.0. The topological polar surface area (TPSA) is 124 Å². The molecule has 0 radical (unpaired) electrons. The van der Waals surface area contributed by atoms with Crippen LogP contribution in [-0.2, 0) is 25.2 Å². The summed E-state index contributed by atoms with van der Waals surface area (Å²) in [7, 11) is 0. The Morgan fingerprint density at radius 1 is 0.897 bits per heavy atom. The maximum atomic E-state index is 13.5. The van der Waals surface area contributed by atoms with E-state index in [2.05, 4.69) is 20.2 Å². The highest BCUT2D eigenvalue weighted by Gasteiger charge is 2.57. The van der Waals surface area contributed by atoms with Gasteiger partial charge in [-0.15, -0.1) is 0 Å². The Kier molecular flexibility index (Phi) is 6.96. The molecule has 6 rings (SSSR count). The molecule has 206 valence electrons. The molecule has 14 heteroatoms. The van der Waals surface area contributed by atoms with E-state index >= 15 is 0 Å². The molecule has 0 aromatic carbocycles. The van der Waals surface area contributed by atoms with Gasteiger partial charge in [0.25, 0.3) is 0 Å². The Labute approximate surface area is 230 Å². The fourth-order valence-corrected chi connectivity index (χ4v) is 5.26. The van der Waals surface area contributed by atoms with E-state index in [4.69, 9.17) is 27.9 Å². The summed E-state index contributed by atoms with van der Waals surface area (Å²) in [5.74, 6) is -0.910. The number of aliphatic carboxylic acids is 1. The first-order chi connectivity index (χ1) is 18.4. The number of halogens is 4. The highest BCUT2D eigenvalue weighted by atomic mass is 35.5. The lowest BCUT2D eigenvalue weighted by molar-refractivity contribution is -0.162. The first kappa shape index (κ1) is 27.2. The highest BCUT2D eigenvalue weighted by molar-refractivity contribution is 6.29. The molecule has 0 amide bonds. The maximum absolute atomic E-state index is 13.5. The van der Waals surface area contributed by atoms with Crippen molar-refractivity contribution in [2.45, 2.75) is 68.8 Å². The fourth-order valence-electron chi connectivity index (χ4n) is 4.99. The average Bonchev–Trinajstić information content (AvgIpc) is 3.43. The third-order valence-corrected chi connectivity index (χ3v) is 7.38. The number of nitrogens with zero attached hydrogens (tertiary/aromatic N) is 6. The number of ether oxygens (including phenoxy) is 1. The number of carbonyl (C=O) groups is 2. The van der Waals surface area contributed by atoms with Gasteiger partial charge in [0.1, 0.15) is 45.1 Å². The number of carboxylic acid groups (broad SMARTS) is 1. The average molecular weight is 581 g/mol. The van der Waals surface area contributed by atoms with Gasteiger partial charge in [-0.1, -0.05) is 23.2 Å². The second kappa shape index (κ2) is 9.98. The molecule has 2 aliphatic rings. The molecule has 0 aliphatic heterocycles. The fraction of sp³-hybridized carbons (Fsp3) is 0.440. The Bertz CT molecular complexity index is 1560. The van der Waals surface area contributed by atoms with Crippen LogP contribution in [0.25, 0.3) is 11.0 Å². The number of aromatic nitrogens is 6.